The van der Waals surface area contributed by atoms with Crippen LogP contribution in [-0.2, 0) is 0 Å². The molecule has 0 aliphatic rings. The second kappa shape index (κ2) is 20.2. The van der Waals surface area contributed by atoms with E-state index in [-0.39, 0.29) is 5.92 Å². The van der Waals surface area contributed by atoms with Gasteiger partial charge in [-0.05, 0) is 176 Å². The van der Waals surface area contributed by atoms with E-state index >= 15 is 0 Å². The van der Waals surface area contributed by atoms with Crippen LogP contribution in [0.4, 0.5) is 34.1 Å². The van der Waals surface area contributed by atoms with Gasteiger partial charge in [0.15, 0.2) is 0 Å². The lowest BCUT2D eigenvalue weighted by Crippen LogP contribution is -2.14. The van der Waals surface area contributed by atoms with Crippen molar-refractivity contribution in [2.24, 2.45) is 0 Å². The van der Waals surface area contributed by atoms with E-state index in [9.17, 15) is 0 Å². The van der Waals surface area contributed by atoms with E-state index in [1.54, 1.807) is 0 Å². The fraction of sp³-hybridized carbons (Fsp3) is 0.0886. The number of nitrogens with zero attached hydrogens (tertiary/aromatic N) is 2. The number of benzene rings is 14. The Kier molecular flexibility index (Phi) is 12.3. The van der Waals surface area contributed by atoms with E-state index in [1.165, 1.54) is 143 Å². The molecular formula is C79H62N2. The summed E-state index contributed by atoms with van der Waals surface area (Å²) in [5.74, 6) is 0.248. The van der Waals surface area contributed by atoms with Crippen LogP contribution in [0.5, 0.6) is 0 Å². The molecule has 0 amide bonds. The normalized spacial score (nSPS) is 11.7. The summed E-state index contributed by atoms with van der Waals surface area (Å²) in [5.41, 5.74) is 22.8. The highest BCUT2D eigenvalue weighted by Crippen LogP contribution is 2.52. The van der Waals surface area contributed by atoms with Gasteiger partial charge in [-0.25, -0.2) is 0 Å². The average molecular weight is 1040 g/mol. The first-order valence-corrected chi connectivity index (χ1v) is 28.5. The van der Waals surface area contributed by atoms with Crippen molar-refractivity contribution in [3.05, 3.63) is 289 Å². The van der Waals surface area contributed by atoms with E-state index in [0.717, 1.165) is 17.1 Å². The van der Waals surface area contributed by atoms with Gasteiger partial charge in [0.1, 0.15) is 0 Å². The van der Waals surface area contributed by atoms with Gasteiger partial charge in [0.2, 0.25) is 0 Å². The van der Waals surface area contributed by atoms with Crippen molar-refractivity contribution < 1.29 is 0 Å². The van der Waals surface area contributed by atoms with Gasteiger partial charge in [0.05, 0.1) is 22.7 Å². The third-order valence-electron chi connectivity index (χ3n) is 16.9. The third kappa shape index (κ3) is 8.76. The zero-order valence-corrected chi connectivity index (χ0v) is 46.8. The average Bonchev–Trinajstić information content (AvgIpc) is 3.60. The molecule has 0 saturated carbocycles. The van der Waals surface area contributed by atoms with Crippen LogP contribution in [0.1, 0.15) is 47.6 Å². The summed E-state index contributed by atoms with van der Waals surface area (Å²) < 4.78 is 0. The number of aryl methyl sites for hydroxylation is 4. The molecule has 2 nitrogen and oxygen atoms in total. The summed E-state index contributed by atoms with van der Waals surface area (Å²) in [5, 5.41) is 12.4. The van der Waals surface area contributed by atoms with Crippen molar-refractivity contribution in [3.8, 4) is 44.5 Å². The quantitative estimate of drug-likeness (QED) is 0.119. The molecule has 0 spiro atoms. The Morgan fingerprint density at radius 1 is 0.272 bits per heavy atom. The predicted octanol–water partition coefficient (Wildman–Crippen LogP) is 22.9. The molecule has 2 heteroatoms. The zero-order chi connectivity index (χ0) is 54.9. The Morgan fingerprint density at radius 2 is 0.630 bits per heavy atom. The summed E-state index contributed by atoms with van der Waals surface area (Å²) in [6, 6.07) is 97.4. The fourth-order valence-corrected chi connectivity index (χ4v) is 12.7. The Balaban J connectivity index is 0.974. The van der Waals surface area contributed by atoms with E-state index in [0.29, 0.717) is 0 Å². The largest absolute Gasteiger partial charge is 0.309 e. The Morgan fingerprint density at radius 3 is 1.09 bits per heavy atom. The van der Waals surface area contributed by atoms with Crippen LogP contribution in [0.25, 0.3) is 98.4 Å². The van der Waals surface area contributed by atoms with Gasteiger partial charge in [0, 0.05) is 32.9 Å². The van der Waals surface area contributed by atoms with E-state index in [4.69, 9.17) is 0 Å². The van der Waals surface area contributed by atoms with Gasteiger partial charge in [-0.1, -0.05) is 237 Å². The van der Waals surface area contributed by atoms with Crippen molar-refractivity contribution in [1.29, 1.82) is 0 Å². The Bertz CT molecular complexity index is 4640. The molecule has 14 rings (SSSR count). The standard InChI is InChI=1S/C79H62N2/c1-50(2)71-49-75(81(79-54(6)20-24-64-22-18-52(4)48-73(64)79)67-41-35-62(36-42-67)60-31-27-58(28-32-60)56-15-11-8-12-16-56)70-43-37-65-38-46-74(69-45-44-68(71)77(70)76(65)69)80(78-53(5)19-23-63-21-17-51(3)47-72(63)78)66-39-33-61(34-40-66)59-29-25-57(26-30-59)55-13-9-7-10-14-55/h7-50H,1-6H3. The maximum atomic E-state index is 2.57. The SMILES string of the molecule is Cc1ccc2ccc(C)c(N(c3ccc(-c4ccc(-c5ccccc5)cc4)cc3)c3ccc4ccc5c(N(c6ccc(-c7ccc(-c8ccccc8)cc7)cc6)c6c(C)ccc7ccc(C)cc67)cc(C(C)C)c6ccc3c4c65)c2c1. The molecule has 81 heavy (non-hydrogen) atoms. The highest BCUT2D eigenvalue weighted by molar-refractivity contribution is 6.29. The molecule has 0 atom stereocenters. The zero-order valence-electron chi connectivity index (χ0n) is 46.8. The van der Waals surface area contributed by atoms with E-state index < -0.39 is 0 Å². The second-order valence-electron chi connectivity index (χ2n) is 22.5. The molecule has 0 aliphatic carbocycles. The molecular weight excluding hydrogens is 977 g/mol. The van der Waals surface area contributed by atoms with Crippen LogP contribution >= 0.6 is 0 Å². The van der Waals surface area contributed by atoms with Crippen molar-refractivity contribution >= 4 is 88.0 Å². The van der Waals surface area contributed by atoms with Crippen LogP contribution in [0.15, 0.2) is 261 Å². The van der Waals surface area contributed by atoms with Gasteiger partial charge in [-0.3, -0.25) is 0 Å². The summed E-state index contributed by atoms with van der Waals surface area (Å²) in [4.78, 5) is 5.11. The minimum absolute atomic E-state index is 0.248. The smallest absolute Gasteiger partial charge is 0.0569 e. The second-order valence-corrected chi connectivity index (χ2v) is 22.5. The minimum Gasteiger partial charge on any atom is -0.309 e. The molecule has 14 aromatic carbocycles. The van der Waals surface area contributed by atoms with Gasteiger partial charge >= 0.3 is 0 Å². The molecule has 0 saturated heterocycles. The molecule has 0 aromatic heterocycles. The van der Waals surface area contributed by atoms with Crippen molar-refractivity contribution in [2.45, 2.75) is 47.5 Å². The Hall–Kier alpha value is -9.76. The molecule has 388 valence electrons. The van der Waals surface area contributed by atoms with Gasteiger partial charge < -0.3 is 9.80 Å². The minimum atomic E-state index is 0.248. The van der Waals surface area contributed by atoms with Crippen LogP contribution in [-0.4, -0.2) is 0 Å². The lowest BCUT2D eigenvalue weighted by molar-refractivity contribution is 0.876. The molecule has 0 radical (unpaired) electrons. The summed E-state index contributed by atoms with van der Waals surface area (Å²) in [6.45, 7) is 13.7. The monoisotopic (exact) mass is 1040 g/mol. The number of hydrogen-bond donors (Lipinski definition) is 0. The van der Waals surface area contributed by atoms with Crippen LogP contribution in [0, 0.1) is 27.7 Å². The van der Waals surface area contributed by atoms with Gasteiger partial charge in [-0.2, -0.15) is 0 Å². The van der Waals surface area contributed by atoms with Crippen LogP contribution in [0.2, 0.25) is 0 Å². The summed E-state index contributed by atoms with van der Waals surface area (Å²) >= 11 is 0. The highest BCUT2D eigenvalue weighted by Gasteiger charge is 2.27. The predicted molar refractivity (Wildman–Crippen MR) is 349 cm³/mol. The molecule has 0 aliphatic heterocycles. The first-order valence-electron chi connectivity index (χ1n) is 28.5. The maximum absolute atomic E-state index is 2.57. The molecule has 0 N–H and O–H groups in total. The lowest BCUT2D eigenvalue weighted by Gasteiger charge is -2.32. The van der Waals surface area contributed by atoms with Crippen molar-refractivity contribution in [2.75, 3.05) is 9.80 Å². The summed E-state index contributed by atoms with van der Waals surface area (Å²) in [7, 11) is 0. The first kappa shape index (κ1) is 49.5. The molecule has 0 unspecified atom stereocenters. The molecule has 0 bridgehead atoms. The van der Waals surface area contributed by atoms with Crippen molar-refractivity contribution in [3.63, 3.8) is 0 Å². The lowest BCUT2D eigenvalue weighted by atomic mass is 9.86. The van der Waals surface area contributed by atoms with E-state index in [1.807, 2.05) is 0 Å². The third-order valence-corrected chi connectivity index (χ3v) is 16.9. The van der Waals surface area contributed by atoms with Crippen molar-refractivity contribution in [1.82, 2.24) is 0 Å². The Labute approximate surface area is 475 Å². The number of anilines is 6. The number of hydrogen-bond acceptors (Lipinski definition) is 2. The maximum Gasteiger partial charge on any atom is 0.0569 e. The van der Waals surface area contributed by atoms with Gasteiger partial charge in [-0.15, -0.1) is 0 Å². The van der Waals surface area contributed by atoms with Gasteiger partial charge in [0.25, 0.3) is 0 Å². The van der Waals surface area contributed by atoms with E-state index in [2.05, 4.69) is 312 Å². The number of rotatable bonds is 11. The topological polar surface area (TPSA) is 6.48 Å². The summed E-state index contributed by atoms with van der Waals surface area (Å²) in [6.07, 6.45) is 0. The molecule has 14 aromatic rings. The fourth-order valence-electron chi connectivity index (χ4n) is 12.7. The van der Waals surface area contributed by atoms with Crippen LogP contribution in [0.3, 0.4) is 0 Å². The number of fused-ring (bicyclic) bond motifs is 2. The van der Waals surface area contributed by atoms with Crippen LogP contribution < -0.4 is 9.80 Å². The first-order chi connectivity index (χ1) is 39.6. The molecule has 0 heterocycles. The highest BCUT2D eigenvalue weighted by atomic mass is 15.2. The molecule has 0 fully saturated rings.